The van der Waals surface area contributed by atoms with Crippen molar-refractivity contribution in [3.63, 3.8) is 0 Å². The Hall–Kier alpha value is -0.610. The summed E-state index contributed by atoms with van der Waals surface area (Å²) in [7, 11) is -11.7. The minimum atomic E-state index is -4.03. The minimum absolute atomic E-state index is 0. The van der Waals surface area contributed by atoms with Gasteiger partial charge in [0.2, 0.25) is 30.1 Å². The first-order valence-corrected chi connectivity index (χ1v) is 15.9. The van der Waals surface area contributed by atoms with Crippen LogP contribution in [0, 0.1) is 20.8 Å². The molecule has 0 heterocycles. The van der Waals surface area contributed by atoms with E-state index in [1.807, 2.05) is 20.8 Å². The summed E-state index contributed by atoms with van der Waals surface area (Å²) in [6.45, 7) is 4.70. The van der Waals surface area contributed by atoms with Crippen molar-refractivity contribution in [1.82, 2.24) is 13.7 Å². The normalized spacial score (nSPS) is 12.0. The Bertz CT molecular complexity index is 1460. The fraction of sp³-hybridized carbons (Fsp3) is 0.280. The van der Waals surface area contributed by atoms with E-state index < -0.39 is 30.1 Å². The van der Waals surface area contributed by atoms with E-state index in [0.29, 0.717) is 0 Å². The largest absolute Gasteiger partial charge is 1.00 e. The smallest absolute Gasteiger partial charge is 1.00 e. The number of sulfonamides is 3. The van der Waals surface area contributed by atoms with Gasteiger partial charge in [-0.1, -0.05) is 53.1 Å². The van der Waals surface area contributed by atoms with Crippen molar-refractivity contribution in [3.05, 3.63) is 89.5 Å². The van der Waals surface area contributed by atoms with Crippen molar-refractivity contribution in [2.75, 3.05) is 26.2 Å². The van der Waals surface area contributed by atoms with Crippen molar-refractivity contribution in [2.24, 2.45) is 0 Å². The molecule has 0 unspecified atom stereocenters. The molecule has 3 aromatic rings. The second-order valence-electron chi connectivity index (χ2n) is 8.64. The SMILES string of the molecule is Cc1ccc(S(=O)(=O)NCCN(CCNS(=O)(=O)c2ccc(C)cc2)S(=O)(=O)c2ccc(C)cc2)cc1.[H-].[H-].[Na+].[Na+]. The van der Waals surface area contributed by atoms with Crippen LogP contribution in [0.1, 0.15) is 19.5 Å². The number of nitrogens with one attached hydrogen (secondary N) is 2. The molecule has 0 aliphatic heterocycles. The number of nitrogens with zero attached hydrogens (tertiary/aromatic N) is 1. The molecule has 0 aliphatic rings. The Balaban J connectivity index is 0. The number of hydrogen-bond acceptors (Lipinski definition) is 6. The summed E-state index contributed by atoms with van der Waals surface area (Å²) in [5.41, 5.74) is 2.69. The van der Waals surface area contributed by atoms with Crippen LogP contribution in [0.25, 0.3) is 0 Å². The van der Waals surface area contributed by atoms with Gasteiger partial charge in [0.1, 0.15) is 0 Å². The van der Waals surface area contributed by atoms with Crippen LogP contribution in [0.4, 0.5) is 0 Å². The number of hydrogen-bond donors (Lipinski definition) is 2. The van der Waals surface area contributed by atoms with Gasteiger partial charge in [0.25, 0.3) is 0 Å². The average Bonchev–Trinajstić information content (AvgIpc) is 2.84. The molecule has 2 N–H and O–H groups in total. The van der Waals surface area contributed by atoms with E-state index in [-0.39, 0.29) is 103 Å². The predicted molar refractivity (Wildman–Crippen MR) is 145 cm³/mol. The standard InChI is InChI=1S/C25H31N3O6S3.2Na.2H/c1-20-4-10-23(11-5-20)35(29,30)26-16-18-28(37(33,34)25-14-8-22(3)9-15-25)19-17-27-36(31,32)24-12-6-21(2)7-13-24;;;;/h4-15,26-27H,16-19H2,1-3H3;;;;/q;2*+1;2*-1. The zero-order valence-electron chi connectivity index (χ0n) is 24.9. The summed E-state index contributed by atoms with van der Waals surface area (Å²) in [5.74, 6) is 0. The van der Waals surface area contributed by atoms with Gasteiger partial charge >= 0.3 is 59.1 Å². The molecule has 204 valence electrons. The molecule has 0 saturated heterocycles. The van der Waals surface area contributed by atoms with Gasteiger partial charge in [-0.15, -0.1) is 0 Å². The molecule has 14 heteroatoms. The molecule has 0 saturated carbocycles. The maximum absolute atomic E-state index is 13.3. The molecule has 39 heavy (non-hydrogen) atoms. The monoisotopic (exact) mass is 613 g/mol. The van der Waals surface area contributed by atoms with Gasteiger partial charge in [-0.2, -0.15) is 4.31 Å². The van der Waals surface area contributed by atoms with Crippen LogP contribution in [0.5, 0.6) is 0 Å². The summed E-state index contributed by atoms with van der Waals surface area (Å²) < 4.78 is 83.1. The molecule has 0 atom stereocenters. The molecule has 0 aromatic heterocycles. The molecule has 0 bridgehead atoms. The third-order valence-corrected chi connectivity index (χ3v) is 10.5. The van der Waals surface area contributed by atoms with Crippen LogP contribution in [0.2, 0.25) is 0 Å². The first-order valence-electron chi connectivity index (χ1n) is 11.5. The maximum Gasteiger partial charge on any atom is 1.00 e. The number of aryl methyl sites for hydroxylation is 3. The molecule has 0 spiro atoms. The average molecular weight is 614 g/mol. The van der Waals surface area contributed by atoms with Gasteiger partial charge in [0, 0.05) is 26.2 Å². The Kier molecular flexibility index (Phi) is 14.5. The third-order valence-electron chi connectivity index (χ3n) is 5.63. The van der Waals surface area contributed by atoms with E-state index in [1.165, 1.54) is 36.4 Å². The quantitative estimate of drug-likeness (QED) is 0.207. The fourth-order valence-corrected chi connectivity index (χ4v) is 6.91. The summed E-state index contributed by atoms with van der Waals surface area (Å²) in [5, 5.41) is 0. The van der Waals surface area contributed by atoms with Crippen molar-refractivity contribution in [2.45, 2.75) is 35.5 Å². The Morgan fingerprint density at radius 2 is 0.821 bits per heavy atom. The number of benzene rings is 3. The number of rotatable bonds is 12. The van der Waals surface area contributed by atoms with Crippen molar-refractivity contribution in [1.29, 1.82) is 0 Å². The molecule has 9 nitrogen and oxygen atoms in total. The first-order chi connectivity index (χ1) is 17.3. The fourth-order valence-electron chi connectivity index (χ4n) is 3.42. The van der Waals surface area contributed by atoms with E-state index in [4.69, 9.17) is 0 Å². The predicted octanol–water partition coefficient (Wildman–Crippen LogP) is -3.21. The Labute approximate surface area is 279 Å². The van der Waals surface area contributed by atoms with Gasteiger partial charge in [-0.25, -0.2) is 34.7 Å². The summed E-state index contributed by atoms with van der Waals surface area (Å²) >= 11 is 0. The van der Waals surface area contributed by atoms with Crippen LogP contribution in [-0.4, -0.2) is 55.7 Å². The van der Waals surface area contributed by atoms with Gasteiger partial charge in [0.15, 0.2) is 0 Å². The van der Waals surface area contributed by atoms with E-state index in [2.05, 4.69) is 9.44 Å². The second kappa shape index (κ2) is 15.6. The molecular formula is C25H33N3Na2O6S3. The van der Waals surface area contributed by atoms with E-state index in [9.17, 15) is 25.3 Å². The van der Waals surface area contributed by atoms with Gasteiger partial charge in [-0.3, -0.25) is 0 Å². The van der Waals surface area contributed by atoms with Crippen molar-refractivity contribution < 1.29 is 87.2 Å². The van der Waals surface area contributed by atoms with Crippen molar-refractivity contribution in [3.8, 4) is 0 Å². The van der Waals surface area contributed by atoms with Crippen LogP contribution in [0.3, 0.4) is 0 Å². The van der Waals surface area contributed by atoms with E-state index >= 15 is 0 Å². The van der Waals surface area contributed by atoms with Crippen LogP contribution < -0.4 is 68.6 Å². The first kappa shape index (κ1) is 36.4. The van der Waals surface area contributed by atoms with E-state index in [1.54, 1.807) is 36.4 Å². The molecule has 0 aliphatic carbocycles. The van der Waals surface area contributed by atoms with E-state index in [0.717, 1.165) is 21.0 Å². The zero-order valence-corrected chi connectivity index (χ0v) is 29.3. The second-order valence-corrected chi connectivity index (χ2v) is 14.1. The van der Waals surface area contributed by atoms with Gasteiger partial charge in [0.05, 0.1) is 14.7 Å². The molecule has 3 aromatic carbocycles. The van der Waals surface area contributed by atoms with Gasteiger partial charge in [-0.05, 0) is 57.2 Å². The molecule has 3 rings (SSSR count). The molecule has 0 radical (unpaired) electrons. The van der Waals surface area contributed by atoms with Crippen LogP contribution in [-0.2, 0) is 30.1 Å². The summed E-state index contributed by atoms with van der Waals surface area (Å²) in [6, 6.07) is 18.8. The molecule has 0 fully saturated rings. The van der Waals surface area contributed by atoms with Gasteiger partial charge < -0.3 is 2.85 Å². The minimum Gasteiger partial charge on any atom is -1.00 e. The summed E-state index contributed by atoms with van der Waals surface area (Å²) in [4.78, 5) is 0.162. The molecule has 0 amide bonds. The van der Waals surface area contributed by atoms with Crippen LogP contribution in [0.15, 0.2) is 87.5 Å². The Morgan fingerprint density at radius 3 is 1.13 bits per heavy atom. The zero-order chi connectivity index (χ0) is 27.3. The van der Waals surface area contributed by atoms with Crippen LogP contribution >= 0.6 is 0 Å². The topological polar surface area (TPSA) is 130 Å². The van der Waals surface area contributed by atoms with Crippen molar-refractivity contribution >= 4 is 30.1 Å². The third kappa shape index (κ3) is 10.3. The Morgan fingerprint density at radius 1 is 0.538 bits per heavy atom. The molecular weight excluding hydrogens is 580 g/mol. The maximum atomic E-state index is 13.3. The summed E-state index contributed by atoms with van der Waals surface area (Å²) in [6.07, 6.45) is 0.